The molecule has 0 unspecified atom stereocenters. The van der Waals surface area contributed by atoms with E-state index in [4.69, 9.17) is 15.7 Å². The highest BCUT2D eigenvalue weighted by molar-refractivity contribution is 5.88. The number of fused-ring (bicyclic) bond motifs is 1. The van der Waals surface area contributed by atoms with E-state index in [0.717, 1.165) is 73.7 Å². The van der Waals surface area contributed by atoms with E-state index < -0.39 is 0 Å². The number of phenolic OH excluding ortho intramolecular Hbond substituents is 1. The fourth-order valence-corrected chi connectivity index (χ4v) is 5.24. The summed E-state index contributed by atoms with van der Waals surface area (Å²) >= 11 is 0. The van der Waals surface area contributed by atoms with Gasteiger partial charge < -0.3 is 21.1 Å². The van der Waals surface area contributed by atoms with Crippen molar-refractivity contribution in [1.29, 1.82) is 0 Å². The molecule has 2 aliphatic rings. The van der Waals surface area contributed by atoms with Gasteiger partial charge in [-0.3, -0.25) is 4.57 Å². The third-order valence-corrected chi connectivity index (χ3v) is 6.99. The van der Waals surface area contributed by atoms with Gasteiger partial charge in [0, 0.05) is 30.4 Å². The highest BCUT2D eigenvalue weighted by Gasteiger charge is 2.28. The fraction of sp³-hybridized carbons (Fsp3) is 0.542. The molecule has 170 valence electrons. The summed E-state index contributed by atoms with van der Waals surface area (Å²) in [5.41, 5.74) is 8.82. The molecule has 2 heterocycles. The Balaban J connectivity index is 1.57. The molecule has 3 aromatic rings. The summed E-state index contributed by atoms with van der Waals surface area (Å²) in [4.78, 5) is 16.6. The van der Waals surface area contributed by atoms with Gasteiger partial charge >= 0.3 is 0 Å². The van der Waals surface area contributed by atoms with Crippen LogP contribution in [0.2, 0.25) is 0 Å². The lowest BCUT2D eigenvalue weighted by Gasteiger charge is -2.28. The second-order valence-corrected chi connectivity index (χ2v) is 9.13. The van der Waals surface area contributed by atoms with E-state index in [-0.39, 0.29) is 5.75 Å². The summed E-state index contributed by atoms with van der Waals surface area (Å²) < 4.78 is 2.33. The smallest absolute Gasteiger partial charge is 0.205 e. The van der Waals surface area contributed by atoms with Crippen molar-refractivity contribution >= 4 is 28.6 Å². The van der Waals surface area contributed by atoms with Crippen molar-refractivity contribution < 1.29 is 5.11 Å². The van der Waals surface area contributed by atoms with Gasteiger partial charge in [0.15, 0.2) is 17.0 Å². The zero-order chi connectivity index (χ0) is 22.1. The molecule has 0 spiro atoms. The van der Waals surface area contributed by atoms with Gasteiger partial charge in [0.25, 0.3) is 0 Å². The second kappa shape index (κ2) is 8.94. The summed E-state index contributed by atoms with van der Waals surface area (Å²) in [7, 11) is 0. The molecule has 0 bridgehead atoms. The summed E-state index contributed by atoms with van der Waals surface area (Å²) in [5, 5.41) is 13.5. The first-order chi connectivity index (χ1) is 15.6. The van der Waals surface area contributed by atoms with Crippen molar-refractivity contribution in [2.75, 3.05) is 16.8 Å². The number of rotatable bonds is 6. The number of aromatic hydroxyl groups is 1. The highest BCUT2D eigenvalue weighted by atomic mass is 16.3. The molecular weight excluding hydrogens is 402 g/mol. The lowest BCUT2D eigenvalue weighted by atomic mass is 9.92. The van der Waals surface area contributed by atoms with Crippen LogP contribution in [0.5, 0.6) is 5.75 Å². The van der Waals surface area contributed by atoms with Crippen molar-refractivity contribution in [1.82, 2.24) is 19.5 Å². The van der Waals surface area contributed by atoms with Crippen molar-refractivity contribution in [2.45, 2.75) is 76.4 Å². The molecule has 2 aromatic heterocycles. The van der Waals surface area contributed by atoms with Crippen LogP contribution >= 0.6 is 0 Å². The normalized spacial score (nSPS) is 21.8. The predicted molar refractivity (Wildman–Crippen MR) is 127 cm³/mol. The largest absolute Gasteiger partial charge is 0.508 e. The number of aromatic nitrogens is 4. The molecule has 2 aliphatic carbocycles. The first kappa shape index (κ1) is 21.0. The molecule has 8 heteroatoms. The maximum atomic E-state index is 9.71. The van der Waals surface area contributed by atoms with Gasteiger partial charge in [0.2, 0.25) is 5.95 Å². The molecule has 1 aromatic carbocycles. The average Bonchev–Trinajstić information content (AvgIpc) is 3.45. The molecule has 0 radical (unpaired) electrons. The van der Waals surface area contributed by atoms with E-state index in [1.54, 1.807) is 18.5 Å². The lowest BCUT2D eigenvalue weighted by Crippen LogP contribution is -2.33. The fourth-order valence-electron chi connectivity index (χ4n) is 5.24. The first-order valence-corrected chi connectivity index (χ1v) is 12.0. The summed E-state index contributed by atoms with van der Waals surface area (Å²) in [6.07, 6.45) is 10.7. The molecule has 32 heavy (non-hydrogen) atoms. The van der Waals surface area contributed by atoms with Crippen LogP contribution in [0.1, 0.15) is 64.3 Å². The van der Waals surface area contributed by atoms with Crippen LogP contribution in [0.4, 0.5) is 17.5 Å². The molecule has 0 amide bonds. The van der Waals surface area contributed by atoms with Crippen LogP contribution in [-0.2, 0) is 0 Å². The van der Waals surface area contributed by atoms with Gasteiger partial charge in [-0.25, -0.2) is 15.0 Å². The van der Waals surface area contributed by atoms with E-state index in [0.29, 0.717) is 18.1 Å². The van der Waals surface area contributed by atoms with Crippen molar-refractivity contribution in [3.63, 3.8) is 0 Å². The molecule has 2 saturated carbocycles. The van der Waals surface area contributed by atoms with Crippen molar-refractivity contribution in [3.05, 3.63) is 30.6 Å². The van der Waals surface area contributed by atoms with Crippen molar-refractivity contribution in [3.8, 4) is 5.75 Å². The summed E-state index contributed by atoms with van der Waals surface area (Å²) in [6, 6.07) is 8.35. The molecule has 8 nitrogen and oxygen atoms in total. The Morgan fingerprint density at radius 1 is 1.06 bits per heavy atom. The van der Waals surface area contributed by atoms with Gasteiger partial charge in [0.1, 0.15) is 12.1 Å². The zero-order valence-electron chi connectivity index (χ0n) is 18.7. The SMILES string of the molecule is CCN(c1ccc(O)cc1)c1ncnc2c1nc(NC1CCC(N)CC1)n2C1CCCC1. The predicted octanol–water partition coefficient (Wildman–Crippen LogP) is 4.49. The maximum absolute atomic E-state index is 9.71. The minimum Gasteiger partial charge on any atom is -0.508 e. The number of phenols is 1. The van der Waals surface area contributed by atoms with Gasteiger partial charge in [-0.15, -0.1) is 0 Å². The number of hydrogen-bond donors (Lipinski definition) is 3. The summed E-state index contributed by atoms with van der Waals surface area (Å²) in [5.74, 6) is 1.96. The zero-order valence-corrected chi connectivity index (χ0v) is 18.7. The van der Waals surface area contributed by atoms with Gasteiger partial charge in [0.05, 0.1) is 0 Å². The standard InChI is InChI=1S/C24H33N7O/c1-2-30(18-11-13-20(32)14-12-18)22-21-23(27-15-26-22)31(19-5-3-4-6-19)24(29-21)28-17-9-7-16(25)8-10-17/h11-17,19,32H,2-10,25H2,1H3,(H,28,29). The highest BCUT2D eigenvalue weighted by Crippen LogP contribution is 2.38. The number of nitrogens with two attached hydrogens (primary N) is 1. The molecule has 0 aliphatic heterocycles. The average molecular weight is 436 g/mol. The van der Waals surface area contributed by atoms with Crippen LogP contribution in [0.3, 0.4) is 0 Å². The van der Waals surface area contributed by atoms with Crippen LogP contribution in [0.25, 0.3) is 11.2 Å². The van der Waals surface area contributed by atoms with Gasteiger partial charge in [-0.1, -0.05) is 12.8 Å². The molecular formula is C24H33N7O. The van der Waals surface area contributed by atoms with Crippen LogP contribution in [-0.4, -0.2) is 43.3 Å². The van der Waals surface area contributed by atoms with Crippen LogP contribution in [0, 0.1) is 0 Å². The molecule has 0 saturated heterocycles. The third kappa shape index (κ3) is 3.99. The Morgan fingerprint density at radius 2 is 1.78 bits per heavy atom. The molecule has 0 atom stereocenters. The van der Waals surface area contributed by atoms with Crippen LogP contribution < -0.4 is 16.0 Å². The van der Waals surface area contributed by atoms with Gasteiger partial charge in [-0.05, 0) is 69.7 Å². The van der Waals surface area contributed by atoms with Gasteiger partial charge in [-0.2, -0.15) is 0 Å². The van der Waals surface area contributed by atoms with Crippen LogP contribution in [0.15, 0.2) is 30.6 Å². The van der Waals surface area contributed by atoms with E-state index >= 15 is 0 Å². The maximum Gasteiger partial charge on any atom is 0.205 e. The summed E-state index contributed by atoms with van der Waals surface area (Å²) in [6.45, 7) is 2.83. The Labute approximate surface area is 188 Å². The Kier molecular flexibility index (Phi) is 5.87. The Morgan fingerprint density at radius 3 is 2.47 bits per heavy atom. The number of anilines is 3. The van der Waals surface area contributed by atoms with Crippen molar-refractivity contribution in [2.24, 2.45) is 5.73 Å². The lowest BCUT2D eigenvalue weighted by molar-refractivity contribution is 0.407. The topological polar surface area (TPSA) is 105 Å². The Bertz CT molecular complexity index is 1050. The Hall–Kier alpha value is -2.87. The van der Waals surface area contributed by atoms with E-state index in [1.165, 1.54) is 12.8 Å². The number of hydrogen-bond acceptors (Lipinski definition) is 7. The monoisotopic (exact) mass is 435 g/mol. The van der Waals surface area contributed by atoms with E-state index in [1.807, 2.05) is 12.1 Å². The number of imidazole rings is 1. The minimum atomic E-state index is 0.252. The molecule has 4 N–H and O–H groups in total. The third-order valence-electron chi connectivity index (χ3n) is 6.99. The first-order valence-electron chi connectivity index (χ1n) is 12.0. The number of nitrogens with one attached hydrogen (secondary N) is 1. The minimum absolute atomic E-state index is 0.252. The van der Waals surface area contributed by atoms with E-state index in [9.17, 15) is 5.11 Å². The number of benzene rings is 1. The number of nitrogens with zero attached hydrogens (tertiary/aromatic N) is 5. The molecule has 2 fully saturated rings. The quantitative estimate of drug-likeness (QED) is 0.524. The molecule has 5 rings (SSSR count). The van der Waals surface area contributed by atoms with E-state index in [2.05, 4.69) is 26.7 Å². The second-order valence-electron chi connectivity index (χ2n) is 9.13.